The lowest BCUT2D eigenvalue weighted by atomic mass is 10.1. The average Bonchev–Trinajstić information content (AvgIpc) is 2.62. The maximum absolute atomic E-state index is 12.2. The lowest BCUT2D eigenvalue weighted by Gasteiger charge is -2.16. The molecular formula is C20H23ClN2O3. The molecule has 0 aromatic heterocycles. The van der Waals surface area contributed by atoms with Crippen LogP contribution in [0, 0.1) is 6.92 Å². The molecule has 5 nitrogen and oxygen atoms in total. The molecule has 2 aromatic carbocycles. The number of anilines is 1. The summed E-state index contributed by atoms with van der Waals surface area (Å²) in [5, 5.41) is 6.01. The highest BCUT2D eigenvalue weighted by atomic mass is 35.5. The fourth-order valence-electron chi connectivity index (χ4n) is 2.45. The summed E-state index contributed by atoms with van der Waals surface area (Å²) in [5.41, 5.74) is 2.64. The zero-order chi connectivity index (χ0) is 19.1. The Balaban J connectivity index is 1.86. The standard InChI is InChI=1S/C20H23ClN2O3/c1-4-15-7-5-6-8-17(15)23-19(24)12-22-20(25)14(3)26-18-10-9-16(21)11-13(18)2/h5-11,14H,4,12H2,1-3H3,(H,22,25)(H,23,24). The molecular weight excluding hydrogens is 352 g/mol. The van der Waals surface area contributed by atoms with Crippen molar-refractivity contribution in [2.45, 2.75) is 33.3 Å². The molecule has 0 saturated carbocycles. The molecule has 2 aromatic rings. The zero-order valence-electron chi connectivity index (χ0n) is 15.1. The molecule has 1 unspecified atom stereocenters. The Kier molecular flexibility index (Phi) is 7.04. The van der Waals surface area contributed by atoms with Crippen molar-refractivity contribution in [3.63, 3.8) is 0 Å². The van der Waals surface area contributed by atoms with Gasteiger partial charge < -0.3 is 15.4 Å². The fraction of sp³-hybridized carbons (Fsp3) is 0.300. The van der Waals surface area contributed by atoms with E-state index in [-0.39, 0.29) is 18.4 Å². The number of benzene rings is 2. The SMILES string of the molecule is CCc1ccccc1NC(=O)CNC(=O)C(C)Oc1ccc(Cl)cc1C. The summed E-state index contributed by atoms with van der Waals surface area (Å²) in [7, 11) is 0. The Morgan fingerprint density at radius 1 is 1.19 bits per heavy atom. The normalized spacial score (nSPS) is 11.5. The molecule has 2 amide bonds. The number of rotatable bonds is 7. The van der Waals surface area contributed by atoms with Gasteiger partial charge in [0.05, 0.1) is 6.54 Å². The minimum atomic E-state index is -0.731. The van der Waals surface area contributed by atoms with Crippen LogP contribution < -0.4 is 15.4 Å². The summed E-state index contributed by atoms with van der Waals surface area (Å²) in [6, 6.07) is 12.8. The van der Waals surface area contributed by atoms with Crippen molar-refractivity contribution < 1.29 is 14.3 Å². The first-order valence-electron chi connectivity index (χ1n) is 8.49. The van der Waals surface area contributed by atoms with Gasteiger partial charge in [-0.1, -0.05) is 36.7 Å². The molecule has 26 heavy (non-hydrogen) atoms. The fourth-order valence-corrected chi connectivity index (χ4v) is 2.67. The number of para-hydroxylation sites is 1. The molecule has 0 aliphatic rings. The van der Waals surface area contributed by atoms with Crippen molar-refractivity contribution in [3.8, 4) is 5.75 Å². The molecule has 2 rings (SSSR count). The summed E-state index contributed by atoms with van der Waals surface area (Å²) < 4.78 is 5.65. The summed E-state index contributed by atoms with van der Waals surface area (Å²) in [6.45, 7) is 5.38. The smallest absolute Gasteiger partial charge is 0.261 e. The van der Waals surface area contributed by atoms with Crippen LogP contribution in [0.4, 0.5) is 5.69 Å². The Morgan fingerprint density at radius 3 is 2.62 bits per heavy atom. The van der Waals surface area contributed by atoms with Gasteiger partial charge in [-0.2, -0.15) is 0 Å². The third-order valence-electron chi connectivity index (χ3n) is 3.91. The minimum Gasteiger partial charge on any atom is -0.481 e. The van der Waals surface area contributed by atoms with Crippen LogP contribution >= 0.6 is 11.6 Å². The second-order valence-corrected chi connectivity index (χ2v) is 6.38. The first-order valence-corrected chi connectivity index (χ1v) is 8.86. The molecule has 0 aliphatic heterocycles. The highest BCUT2D eigenvalue weighted by molar-refractivity contribution is 6.30. The molecule has 0 spiro atoms. The van der Waals surface area contributed by atoms with Crippen LogP contribution in [0.25, 0.3) is 0 Å². The molecule has 0 heterocycles. The largest absolute Gasteiger partial charge is 0.481 e. The van der Waals surface area contributed by atoms with E-state index >= 15 is 0 Å². The maximum Gasteiger partial charge on any atom is 0.261 e. The number of amides is 2. The van der Waals surface area contributed by atoms with Crippen molar-refractivity contribution in [3.05, 3.63) is 58.6 Å². The summed E-state index contributed by atoms with van der Waals surface area (Å²) in [6.07, 6.45) is 0.0827. The molecule has 0 aliphatic carbocycles. The van der Waals surface area contributed by atoms with Gasteiger partial charge in [0.2, 0.25) is 5.91 Å². The number of halogens is 1. The van der Waals surface area contributed by atoms with Gasteiger partial charge in [-0.3, -0.25) is 9.59 Å². The van der Waals surface area contributed by atoms with E-state index in [0.717, 1.165) is 23.2 Å². The predicted octanol–water partition coefficient (Wildman–Crippen LogP) is 3.73. The number of hydrogen-bond donors (Lipinski definition) is 2. The Morgan fingerprint density at radius 2 is 1.92 bits per heavy atom. The van der Waals surface area contributed by atoms with Crippen LogP contribution in [-0.4, -0.2) is 24.5 Å². The van der Waals surface area contributed by atoms with Gasteiger partial charge in [-0.05, 0) is 55.7 Å². The van der Waals surface area contributed by atoms with E-state index in [4.69, 9.17) is 16.3 Å². The van der Waals surface area contributed by atoms with Crippen molar-refractivity contribution in [2.24, 2.45) is 0 Å². The number of carbonyl (C=O) groups is 2. The molecule has 2 N–H and O–H groups in total. The van der Waals surface area contributed by atoms with E-state index in [9.17, 15) is 9.59 Å². The first-order chi connectivity index (χ1) is 12.4. The van der Waals surface area contributed by atoms with E-state index in [0.29, 0.717) is 10.8 Å². The second kappa shape index (κ2) is 9.25. The Hall–Kier alpha value is -2.53. The molecule has 0 bridgehead atoms. The predicted molar refractivity (Wildman–Crippen MR) is 104 cm³/mol. The van der Waals surface area contributed by atoms with Crippen LogP contribution in [-0.2, 0) is 16.0 Å². The molecule has 1 atom stereocenters. The van der Waals surface area contributed by atoms with Crippen LogP contribution in [0.3, 0.4) is 0 Å². The van der Waals surface area contributed by atoms with Crippen LogP contribution in [0.1, 0.15) is 25.0 Å². The number of carbonyl (C=O) groups excluding carboxylic acids is 2. The van der Waals surface area contributed by atoms with E-state index in [1.165, 1.54) is 0 Å². The summed E-state index contributed by atoms with van der Waals surface area (Å²) in [4.78, 5) is 24.2. The second-order valence-electron chi connectivity index (χ2n) is 5.95. The van der Waals surface area contributed by atoms with Crippen LogP contribution in [0.15, 0.2) is 42.5 Å². The maximum atomic E-state index is 12.2. The van der Waals surface area contributed by atoms with Crippen molar-refractivity contribution >= 4 is 29.1 Å². The summed E-state index contributed by atoms with van der Waals surface area (Å²) >= 11 is 5.91. The van der Waals surface area contributed by atoms with E-state index in [2.05, 4.69) is 10.6 Å². The van der Waals surface area contributed by atoms with Gasteiger partial charge in [-0.25, -0.2) is 0 Å². The summed E-state index contributed by atoms with van der Waals surface area (Å²) in [5.74, 6) is -0.0641. The minimum absolute atomic E-state index is 0.121. The van der Waals surface area contributed by atoms with Crippen molar-refractivity contribution in [1.29, 1.82) is 0 Å². The van der Waals surface area contributed by atoms with Gasteiger partial charge in [0.25, 0.3) is 5.91 Å². The molecule has 0 radical (unpaired) electrons. The Bertz CT molecular complexity index is 792. The molecule has 0 saturated heterocycles. The number of nitrogens with one attached hydrogen (secondary N) is 2. The van der Waals surface area contributed by atoms with Crippen LogP contribution in [0.2, 0.25) is 5.02 Å². The monoisotopic (exact) mass is 374 g/mol. The number of aryl methyl sites for hydroxylation is 2. The van der Waals surface area contributed by atoms with Gasteiger partial charge in [0.15, 0.2) is 6.10 Å². The molecule has 0 fully saturated rings. The van der Waals surface area contributed by atoms with E-state index in [1.54, 1.807) is 25.1 Å². The van der Waals surface area contributed by atoms with Crippen molar-refractivity contribution in [1.82, 2.24) is 5.32 Å². The number of ether oxygens (including phenoxy) is 1. The van der Waals surface area contributed by atoms with Crippen molar-refractivity contribution in [2.75, 3.05) is 11.9 Å². The lowest BCUT2D eigenvalue weighted by molar-refractivity contribution is -0.129. The third kappa shape index (κ3) is 5.49. The topological polar surface area (TPSA) is 67.4 Å². The zero-order valence-corrected chi connectivity index (χ0v) is 15.9. The van der Waals surface area contributed by atoms with E-state index in [1.807, 2.05) is 38.1 Å². The van der Waals surface area contributed by atoms with Crippen LogP contribution in [0.5, 0.6) is 5.75 Å². The molecule has 138 valence electrons. The highest BCUT2D eigenvalue weighted by Gasteiger charge is 2.17. The van der Waals surface area contributed by atoms with Gasteiger partial charge in [0, 0.05) is 10.7 Å². The van der Waals surface area contributed by atoms with Gasteiger partial charge >= 0.3 is 0 Å². The molecule has 6 heteroatoms. The van der Waals surface area contributed by atoms with E-state index < -0.39 is 6.10 Å². The lowest BCUT2D eigenvalue weighted by Crippen LogP contribution is -2.40. The van der Waals surface area contributed by atoms with Gasteiger partial charge in [0.1, 0.15) is 5.75 Å². The highest BCUT2D eigenvalue weighted by Crippen LogP contribution is 2.22. The number of hydrogen-bond acceptors (Lipinski definition) is 3. The quantitative estimate of drug-likeness (QED) is 0.775. The van der Waals surface area contributed by atoms with Gasteiger partial charge in [-0.15, -0.1) is 0 Å². The Labute approximate surface area is 158 Å². The average molecular weight is 375 g/mol. The first kappa shape index (κ1) is 19.8. The third-order valence-corrected chi connectivity index (χ3v) is 4.14.